The van der Waals surface area contributed by atoms with Gasteiger partial charge in [0.15, 0.2) is 11.5 Å². The van der Waals surface area contributed by atoms with Crippen LogP contribution in [0.4, 0.5) is 11.4 Å². The number of ether oxygens (including phenoxy) is 1. The van der Waals surface area contributed by atoms with Crippen LogP contribution in [0, 0.1) is 10.1 Å². The first-order valence-electron chi connectivity index (χ1n) is 8.70. The molecular weight excluding hydrogens is 470 g/mol. The van der Waals surface area contributed by atoms with Gasteiger partial charge < -0.3 is 9.84 Å². The van der Waals surface area contributed by atoms with Crippen molar-refractivity contribution in [3.8, 4) is 22.1 Å². The van der Waals surface area contributed by atoms with E-state index in [1.807, 2.05) is 42.5 Å². The number of phenolic OH excluding ortho intramolecular Hbond substituents is 1. The Morgan fingerprint density at radius 2 is 2.07 bits per heavy atom. The van der Waals surface area contributed by atoms with Crippen molar-refractivity contribution in [3.05, 3.63) is 74.7 Å². The Morgan fingerprint density at radius 1 is 1.23 bits per heavy atom. The lowest BCUT2D eigenvalue weighted by Crippen LogP contribution is -1.94. The van der Waals surface area contributed by atoms with Crippen molar-refractivity contribution in [1.29, 1.82) is 0 Å². The smallest absolute Gasteiger partial charge is 0.274 e. The van der Waals surface area contributed by atoms with E-state index in [1.54, 1.807) is 11.3 Å². The van der Waals surface area contributed by atoms with E-state index in [0.29, 0.717) is 5.69 Å². The van der Waals surface area contributed by atoms with Gasteiger partial charge in [-0.1, -0.05) is 28.1 Å². The highest BCUT2D eigenvalue weighted by molar-refractivity contribution is 9.10. The van der Waals surface area contributed by atoms with Gasteiger partial charge in [-0.25, -0.2) is 4.98 Å². The molecule has 7 nitrogen and oxygen atoms in total. The molecule has 0 aliphatic carbocycles. The molecule has 9 heteroatoms. The molecule has 0 saturated carbocycles. The van der Waals surface area contributed by atoms with E-state index < -0.39 is 4.92 Å². The van der Waals surface area contributed by atoms with Gasteiger partial charge in [-0.2, -0.15) is 0 Å². The molecule has 0 fully saturated rings. The van der Waals surface area contributed by atoms with Crippen LogP contribution in [0.5, 0.6) is 11.5 Å². The van der Waals surface area contributed by atoms with Crippen LogP contribution in [0.15, 0.2) is 64.1 Å². The van der Waals surface area contributed by atoms with Crippen LogP contribution in [0.3, 0.4) is 0 Å². The molecule has 30 heavy (non-hydrogen) atoms. The van der Waals surface area contributed by atoms with Gasteiger partial charge in [0.2, 0.25) is 0 Å². The Balaban J connectivity index is 1.68. The highest BCUT2D eigenvalue weighted by Gasteiger charge is 2.16. The van der Waals surface area contributed by atoms with Crippen molar-refractivity contribution in [2.45, 2.75) is 0 Å². The average molecular weight is 484 g/mol. The van der Waals surface area contributed by atoms with Crippen LogP contribution >= 0.6 is 27.3 Å². The second-order valence-electron chi connectivity index (χ2n) is 6.28. The zero-order valence-corrected chi connectivity index (χ0v) is 18.0. The number of aromatic hydroxyl groups is 1. The fourth-order valence-corrected chi connectivity index (χ4v) is 4.20. The van der Waals surface area contributed by atoms with Gasteiger partial charge in [0.25, 0.3) is 5.69 Å². The van der Waals surface area contributed by atoms with E-state index in [9.17, 15) is 15.2 Å². The summed E-state index contributed by atoms with van der Waals surface area (Å²) >= 11 is 5.05. The van der Waals surface area contributed by atoms with Crippen molar-refractivity contribution in [2.24, 2.45) is 4.99 Å². The maximum Gasteiger partial charge on any atom is 0.274 e. The molecule has 3 aromatic carbocycles. The Morgan fingerprint density at radius 3 is 2.80 bits per heavy atom. The first-order valence-corrected chi connectivity index (χ1v) is 10.3. The number of thiazole rings is 1. The van der Waals surface area contributed by atoms with Crippen molar-refractivity contribution in [2.75, 3.05) is 7.11 Å². The molecule has 4 rings (SSSR count). The number of aromatic nitrogens is 1. The first kappa shape index (κ1) is 20.0. The third-order valence-corrected chi connectivity index (χ3v) is 5.89. The highest BCUT2D eigenvalue weighted by atomic mass is 79.9. The molecule has 1 N–H and O–H groups in total. The summed E-state index contributed by atoms with van der Waals surface area (Å²) in [6, 6.07) is 15.9. The SMILES string of the molecule is COc1cc([N+](=O)[O-])cc(C=Nc2ccc3sc(-c4cccc(Br)c4)nc3c2)c1O. The number of phenols is 1. The lowest BCUT2D eigenvalue weighted by atomic mass is 10.1. The monoisotopic (exact) mass is 483 g/mol. The van der Waals surface area contributed by atoms with Gasteiger partial charge in [-0.15, -0.1) is 11.3 Å². The van der Waals surface area contributed by atoms with Gasteiger partial charge in [0, 0.05) is 27.9 Å². The molecule has 0 spiro atoms. The van der Waals surface area contributed by atoms with Gasteiger partial charge in [0.05, 0.1) is 34.0 Å². The van der Waals surface area contributed by atoms with Crippen molar-refractivity contribution >= 4 is 55.1 Å². The normalized spacial score (nSPS) is 11.3. The number of halogens is 1. The molecular formula is C21H14BrN3O4S. The summed E-state index contributed by atoms with van der Waals surface area (Å²) in [6.07, 6.45) is 1.37. The lowest BCUT2D eigenvalue weighted by molar-refractivity contribution is -0.385. The predicted octanol–water partition coefficient (Wildman–Crippen LogP) is 6.10. The maximum absolute atomic E-state index is 11.1. The van der Waals surface area contributed by atoms with E-state index in [4.69, 9.17) is 4.74 Å². The molecule has 4 aromatic rings. The van der Waals surface area contributed by atoms with Crippen LogP contribution in [-0.4, -0.2) is 28.3 Å². The van der Waals surface area contributed by atoms with Gasteiger partial charge in [-0.05, 0) is 30.3 Å². The Hall–Kier alpha value is -3.30. The second-order valence-corrected chi connectivity index (χ2v) is 8.23. The van der Waals surface area contributed by atoms with Gasteiger partial charge in [-0.3, -0.25) is 15.1 Å². The molecule has 0 aliphatic rings. The molecule has 0 atom stereocenters. The van der Waals surface area contributed by atoms with E-state index >= 15 is 0 Å². The lowest BCUT2D eigenvalue weighted by Gasteiger charge is -2.05. The standard InChI is InChI=1S/C21H14BrN3O4S/c1-29-18-10-16(25(27)28)8-13(20(18)26)11-23-15-5-6-19-17(9-15)24-21(30-19)12-3-2-4-14(22)7-12/h2-11,26H,1H3. The van der Waals surface area contributed by atoms with Crippen LogP contribution in [-0.2, 0) is 0 Å². The third-order valence-electron chi connectivity index (χ3n) is 4.32. The van der Waals surface area contributed by atoms with E-state index in [2.05, 4.69) is 25.9 Å². The largest absolute Gasteiger partial charge is 0.504 e. The predicted molar refractivity (Wildman–Crippen MR) is 121 cm³/mol. The quantitative estimate of drug-likeness (QED) is 0.210. The number of methoxy groups -OCH3 is 1. The number of hydrogen-bond acceptors (Lipinski definition) is 7. The Kier molecular flexibility index (Phi) is 5.47. The van der Waals surface area contributed by atoms with E-state index in [-0.39, 0.29) is 22.7 Å². The number of hydrogen-bond donors (Lipinski definition) is 1. The second kappa shape index (κ2) is 8.21. The number of rotatable bonds is 5. The van der Waals surface area contributed by atoms with E-state index in [1.165, 1.54) is 19.4 Å². The molecule has 0 bridgehead atoms. The van der Waals surface area contributed by atoms with Crippen LogP contribution in [0.2, 0.25) is 0 Å². The van der Waals surface area contributed by atoms with Crippen LogP contribution in [0.25, 0.3) is 20.8 Å². The molecule has 0 radical (unpaired) electrons. The minimum absolute atomic E-state index is 0.0132. The van der Waals surface area contributed by atoms with Gasteiger partial charge in [0.1, 0.15) is 5.01 Å². The zero-order valence-electron chi connectivity index (χ0n) is 15.6. The molecule has 1 aromatic heterocycles. The molecule has 150 valence electrons. The number of fused-ring (bicyclic) bond motifs is 1. The van der Waals surface area contributed by atoms with Crippen molar-refractivity contribution in [1.82, 2.24) is 4.98 Å². The van der Waals surface area contributed by atoms with Gasteiger partial charge >= 0.3 is 0 Å². The summed E-state index contributed by atoms with van der Waals surface area (Å²) < 4.78 is 7.01. The fourth-order valence-electron chi connectivity index (χ4n) is 2.86. The summed E-state index contributed by atoms with van der Waals surface area (Å²) in [5.41, 5.74) is 2.42. The number of nitro benzene ring substituents is 1. The molecule has 1 heterocycles. The number of aliphatic imine (C=N–C) groups is 1. The van der Waals surface area contributed by atoms with Crippen LogP contribution in [0.1, 0.15) is 5.56 Å². The van der Waals surface area contributed by atoms with E-state index in [0.717, 1.165) is 31.3 Å². The highest BCUT2D eigenvalue weighted by Crippen LogP contribution is 2.35. The number of nitrogens with zero attached hydrogens (tertiary/aromatic N) is 3. The van der Waals surface area contributed by atoms with Crippen LogP contribution < -0.4 is 4.74 Å². The summed E-state index contributed by atoms with van der Waals surface area (Å²) in [5.74, 6) is -0.196. The average Bonchev–Trinajstić information content (AvgIpc) is 3.16. The summed E-state index contributed by atoms with van der Waals surface area (Å²) in [5, 5.41) is 22.2. The zero-order chi connectivity index (χ0) is 21.3. The summed E-state index contributed by atoms with van der Waals surface area (Å²) in [4.78, 5) is 19.6. The minimum atomic E-state index is -0.551. The summed E-state index contributed by atoms with van der Waals surface area (Å²) in [6.45, 7) is 0. The number of benzene rings is 3. The molecule has 0 amide bonds. The molecule has 0 saturated heterocycles. The minimum Gasteiger partial charge on any atom is -0.504 e. The molecule has 0 aliphatic heterocycles. The third kappa shape index (κ3) is 4.03. The Labute approximate surface area is 183 Å². The number of non-ortho nitro benzene ring substituents is 1. The van der Waals surface area contributed by atoms with Crippen molar-refractivity contribution in [3.63, 3.8) is 0 Å². The topological polar surface area (TPSA) is 97.9 Å². The summed E-state index contributed by atoms with van der Waals surface area (Å²) in [7, 11) is 1.33. The maximum atomic E-state index is 11.1. The number of nitro groups is 1. The van der Waals surface area contributed by atoms with Crippen molar-refractivity contribution < 1.29 is 14.8 Å². The first-order chi connectivity index (χ1) is 14.4. The Bertz CT molecular complexity index is 1300. The molecule has 0 unspecified atom stereocenters. The fraction of sp³-hybridized carbons (Fsp3) is 0.0476.